The summed E-state index contributed by atoms with van der Waals surface area (Å²) < 4.78 is 2.18. The zero-order valence-electron chi connectivity index (χ0n) is 12.5. The largest absolute Gasteiger partial charge is 0.338 e. The first-order valence-corrected chi connectivity index (χ1v) is 8.24. The van der Waals surface area contributed by atoms with Gasteiger partial charge < -0.3 is 9.47 Å². The van der Waals surface area contributed by atoms with Gasteiger partial charge in [0.05, 0.1) is 4.88 Å². The van der Waals surface area contributed by atoms with Gasteiger partial charge in [0.1, 0.15) is 12.2 Å². The molecule has 5 nitrogen and oxygen atoms in total. The van der Waals surface area contributed by atoms with E-state index in [1.54, 1.807) is 11.3 Å². The van der Waals surface area contributed by atoms with E-state index >= 15 is 0 Å². The van der Waals surface area contributed by atoms with Crippen LogP contribution in [0.3, 0.4) is 0 Å². The fourth-order valence-electron chi connectivity index (χ4n) is 2.88. The minimum absolute atomic E-state index is 0.172. The number of likely N-dealkylation sites (tertiary alicyclic amines) is 1. The van der Waals surface area contributed by atoms with Crippen LogP contribution >= 0.6 is 11.3 Å². The van der Waals surface area contributed by atoms with Gasteiger partial charge in [-0.15, -0.1) is 21.5 Å². The molecule has 1 aliphatic heterocycles. The van der Waals surface area contributed by atoms with Gasteiger partial charge in [0, 0.05) is 30.4 Å². The predicted octanol–water partition coefficient (Wildman–Crippen LogP) is 2.69. The molecule has 1 aliphatic rings. The average Bonchev–Trinajstić information content (AvgIpc) is 3.15. The molecule has 1 saturated heterocycles. The summed E-state index contributed by atoms with van der Waals surface area (Å²) in [6.07, 6.45) is 4.67. The second-order valence-corrected chi connectivity index (χ2v) is 6.73. The van der Waals surface area contributed by atoms with Crippen molar-refractivity contribution in [2.24, 2.45) is 0 Å². The fraction of sp³-hybridized carbons (Fsp3) is 0.533. The Morgan fingerprint density at radius 3 is 2.76 bits per heavy atom. The quantitative estimate of drug-likeness (QED) is 0.876. The molecule has 0 bridgehead atoms. The first kappa shape index (κ1) is 14.3. The fourth-order valence-corrected chi connectivity index (χ4v) is 3.71. The standard InChI is InChI=1S/C15H20N4OS/c1-3-14-17-16-10-19(14)12-6-8-18(9-7-12)15(20)13-5-4-11(2)21-13/h4-5,10,12H,3,6-9H2,1-2H3. The van der Waals surface area contributed by atoms with Crippen LogP contribution in [-0.4, -0.2) is 38.7 Å². The van der Waals surface area contributed by atoms with E-state index in [4.69, 9.17) is 0 Å². The number of thiophene rings is 1. The van der Waals surface area contributed by atoms with Gasteiger partial charge in [-0.3, -0.25) is 4.79 Å². The number of rotatable bonds is 3. The Kier molecular flexibility index (Phi) is 4.05. The minimum atomic E-state index is 0.172. The van der Waals surface area contributed by atoms with Crippen molar-refractivity contribution < 1.29 is 4.79 Å². The monoisotopic (exact) mass is 304 g/mol. The van der Waals surface area contributed by atoms with Crippen molar-refractivity contribution in [3.05, 3.63) is 34.0 Å². The Morgan fingerprint density at radius 2 is 2.14 bits per heavy atom. The Hall–Kier alpha value is -1.69. The van der Waals surface area contributed by atoms with E-state index in [1.807, 2.05) is 30.3 Å². The number of carbonyl (C=O) groups is 1. The van der Waals surface area contributed by atoms with Crippen LogP contribution in [0.25, 0.3) is 0 Å². The maximum atomic E-state index is 12.4. The predicted molar refractivity (Wildman–Crippen MR) is 82.6 cm³/mol. The highest BCUT2D eigenvalue weighted by atomic mass is 32.1. The van der Waals surface area contributed by atoms with Crippen LogP contribution in [0.1, 0.15) is 46.2 Å². The summed E-state index contributed by atoms with van der Waals surface area (Å²) in [7, 11) is 0. The summed E-state index contributed by atoms with van der Waals surface area (Å²) in [5, 5.41) is 8.16. The molecule has 1 fully saturated rings. The molecule has 21 heavy (non-hydrogen) atoms. The normalized spacial score (nSPS) is 16.4. The number of piperidine rings is 1. The van der Waals surface area contributed by atoms with Crippen LogP contribution < -0.4 is 0 Å². The van der Waals surface area contributed by atoms with Gasteiger partial charge in [-0.1, -0.05) is 6.92 Å². The SMILES string of the molecule is CCc1nncn1C1CCN(C(=O)c2ccc(C)s2)CC1. The zero-order chi connectivity index (χ0) is 14.8. The molecule has 2 aromatic heterocycles. The number of aromatic nitrogens is 3. The third-order valence-corrected chi connectivity index (χ3v) is 5.05. The first-order valence-electron chi connectivity index (χ1n) is 7.43. The number of hydrogen-bond acceptors (Lipinski definition) is 4. The summed E-state index contributed by atoms with van der Waals surface area (Å²) in [5.74, 6) is 1.21. The maximum Gasteiger partial charge on any atom is 0.263 e. The molecule has 0 unspecified atom stereocenters. The van der Waals surface area contributed by atoms with Crippen molar-refractivity contribution in [1.29, 1.82) is 0 Å². The van der Waals surface area contributed by atoms with Gasteiger partial charge in [0.15, 0.2) is 0 Å². The van der Waals surface area contributed by atoms with Gasteiger partial charge >= 0.3 is 0 Å². The zero-order valence-corrected chi connectivity index (χ0v) is 13.3. The molecule has 0 aromatic carbocycles. The molecule has 6 heteroatoms. The van der Waals surface area contributed by atoms with Crippen molar-refractivity contribution in [2.75, 3.05) is 13.1 Å². The Bertz CT molecular complexity index is 625. The molecule has 0 spiro atoms. The molecular weight excluding hydrogens is 284 g/mol. The molecule has 0 aliphatic carbocycles. The first-order chi connectivity index (χ1) is 10.2. The number of hydrogen-bond donors (Lipinski definition) is 0. The maximum absolute atomic E-state index is 12.4. The lowest BCUT2D eigenvalue weighted by molar-refractivity contribution is 0.0698. The summed E-state index contributed by atoms with van der Waals surface area (Å²) in [6.45, 7) is 5.74. The lowest BCUT2D eigenvalue weighted by Gasteiger charge is -2.32. The topological polar surface area (TPSA) is 51.0 Å². The minimum Gasteiger partial charge on any atom is -0.338 e. The van der Waals surface area contributed by atoms with E-state index in [1.165, 1.54) is 4.88 Å². The van der Waals surface area contributed by atoms with Crippen molar-refractivity contribution >= 4 is 17.2 Å². The van der Waals surface area contributed by atoms with E-state index < -0.39 is 0 Å². The molecule has 3 rings (SSSR count). The average molecular weight is 304 g/mol. The van der Waals surface area contributed by atoms with Crippen molar-refractivity contribution in [3.63, 3.8) is 0 Å². The summed E-state index contributed by atoms with van der Waals surface area (Å²) in [6, 6.07) is 4.36. The molecule has 1 amide bonds. The Balaban J connectivity index is 1.64. The van der Waals surface area contributed by atoms with Crippen LogP contribution in [0.5, 0.6) is 0 Å². The van der Waals surface area contributed by atoms with Gasteiger partial charge in [0.2, 0.25) is 0 Å². The van der Waals surface area contributed by atoms with Crippen LogP contribution in [0, 0.1) is 6.92 Å². The molecule has 0 saturated carbocycles. The highest BCUT2D eigenvalue weighted by Crippen LogP contribution is 2.26. The van der Waals surface area contributed by atoms with Crippen LogP contribution in [0.2, 0.25) is 0 Å². The molecule has 0 atom stereocenters. The van der Waals surface area contributed by atoms with E-state index in [0.717, 1.165) is 43.1 Å². The van der Waals surface area contributed by atoms with Crippen LogP contribution in [-0.2, 0) is 6.42 Å². The van der Waals surface area contributed by atoms with E-state index in [0.29, 0.717) is 6.04 Å². The number of nitrogens with zero attached hydrogens (tertiary/aromatic N) is 4. The van der Waals surface area contributed by atoms with Gasteiger partial charge in [-0.25, -0.2) is 0 Å². The third-order valence-electron chi connectivity index (χ3n) is 4.06. The number of aryl methyl sites for hydroxylation is 2. The Labute approximate surface area is 128 Å². The van der Waals surface area contributed by atoms with Gasteiger partial charge in [0.25, 0.3) is 5.91 Å². The smallest absolute Gasteiger partial charge is 0.263 e. The lowest BCUT2D eigenvalue weighted by atomic mass is 10.0. The van der Waals surface area contributed by atoms with Crippen molar-refractivity contribution in [1.82, 2.24) is 19.7 Å². The second-order valence-electron chi connectivity index (χ2n) is 5.44. The molecule has 3 heterocycles. The van der Waals surface area contributed by atoms with Crippen molar-refractivity contribution in [2.45, 2.75) is 39.2 Å². The number of carbonyl (C=O) groups excluding carboxylic acids is 1. The molecular formula is C15H20N4OS. The summed E-state index contributed by atoms with van der Waals surface area (Å²) in [5.41, 5.74) is 0. The van der Waals surface area contributed by atoms with E-state index in [9.17, 15) is 4.79 Å². The van der Waals surface area contributed by atoms with E-state index in [2.05, 4.69) is 21.7 Å². The second kappa shape index (κ2) is 5.97. The summed E-state index contributed by atoms with van der Waals surface area (Å²) >= 11 is 1.58. The highest BCUT2D eigenvalue weighted by Gasteiger charge is 2.26. The Morgan fingerprint density at radius 1 is 1.38 bits per heavy atom. The molecule has 112 valence electrons. The van der Waals surface area contributed by atoms with Crippen LogP contribution in [0.15, 0.2) is 18.5 Å². The van der Waals surface area contributed by atoms with Gasteiger partial charge in [-0.05, 0) is 31.9 Å². The molecule has 2 aromatic rings. The highest BCUT2D eigenvalue weighted by molar-refractivity contribution is 7.13. The summed E-state index contributed by atoms with van der Waals surface area (Å²) in [4.78, 5) is 16.4. The van der Waals surface area contributed by atoms with Gasteiger partial charge in [-0.2, -0.15) is 0 Å². The third kappa shape index (κ3) is 2.85. The number of amides is 1. The molecule has 0 radical (unpaired) electrons. The van der Waals surface area contributed by atoms with E-state index in [-0.39, 0.29) is 5.91 Å². The van der Waals surface area contributed by atoms with Crippen molar-refractivity contribution in [3.8, 4) is 0 Å². The molecule has 0 N–H and O–H groups in total. The van der Waals surface area contributed by atoms with Crippen LogP contribution in [0.4, 0.5) is 0 Å². The lowest BCUT2D eigenvalue weighted by Crippen LogP contribution is -2.38.